The monoisotopic (exact) mass is 275 g/mol. The van der Waals surface area contributed by atoms with E-state index in [0.29, 0.717) is 0 Å². The van der Waals surface area contributed by atoms with Gasteiger partial charge in [-0.2, -0.15) is 0 Å². The SMILES string of the molecule is CCCCCNC(=O)C(C)N1CCc2c(N)cccc21. The zero-order valence-corrected chi connectivity index (χ0v) is 12.5. The molecule has 1 aromatic rings. The van der Waals surface area contributed by atoms with Crippen LogP contribution in [0.2, 0.25) is 0 Å². The Morgan fingerprint density at radius 3 is 3.00 bits per heavy atom. The lowest BCUT2D eigenvalue weighted by molar-refractivity contribution is -0.122. The Bertz CT molecular complexity index is 473. The lowest BCUT2D eigenvalue weighted by Crippen LogP contribution is -2.44. The normalized spacial score (nSPS) is 15.0. The van der Waals surface area contributed by atoms with E-state index in [0.717, 1.165) is 43.7 Å². The van der Waals surface area contributed by atoms with Crippen molar-refractivity contribution in [2.75, 3.05) is 23.7 Å². The van der Waals surface area contributed by atoms with Crippen molar-refractivity contribution in [2.45, 2.75) is 45.6 Å². The third-order valence-electron chi connectivity index (χ3n) is 4.03. The summed E-state index contributed by atoms with van der Waals surface area (Å²) in [7, 11) is 0. The van der Waals surface area contributed by atoms with E-state index < -0.39 is 0 Å². The fraction of sp³-hybridized carbons (Fsp3) is 0.562. The molecule has 4 heteroatoms. The number of nitrogens with zero attached hydrogens (tertiary/aromatic N) is 1. The highest BCUT2D eigenvalue weighted by Crippen LogP contribution is 2.33. The summed E-state index contributed by atoms with van der Waals surface area (Å²) in [6.07, 6.45) is 4.32. The zero-order chi connectivity index (χ0) is 14.5. The van der Waals surface area contributed by atoms with Gasteiger partial charge in [-0.25, -0.2) is 0 Å². The molecule has 0 saturated carbocycles. The number of benzene rings is 1. The number of amides is 1. The number of rotatable bonds is 6. The smallest absolute Gasteiger partial charge is 0.242 e. The van der Waals surface area contributed by atoms with Gasteiger partial charge in [-0.1, -0.05) is 25.8 Å². The maximum atomic E-state index is 12.2. The van der Waals surface area contributed by atoms with Crippen LogP contribution in [-0.4, -0.2) is 25.0 Å². The largest absolute Gasteiger partial charge is 0.398 e. The summed E-state index contributed by atoms with van der Waals surface area (Å²) in [6.45, 7) is 5.77. The van der Waals surface area contributed by atoms with E-state index in [9.17, 15) is 4.79 Å². The molecule has 1 aliphatic heterocycles. The second kappa shape index (κ2) is 6.64. The Morgan fingerprint density at radius 2 is 2.25 bits per heavy atom. The van der Waals surface area contributed by atoms with Crippen LogP contribution in [0.15, 0.2) is 18.2 Å². The quantitative estimate of drug-likeness (QED) is 0.619. The zero-order valence-electron chi connectivity index (χ0n) is 12.5. The van der Waals surface area contributed by atoms with Crippen LogP contribution in [0.4, 0.5) is 11.4 Å². The molecule has 0 fully saturated rings. The Balaban J connectivity index is 1.96. The van der Waals surface area contributed by atoms with Gasteiger partial charge in [-0.3, -0.25) is 4.79 Å². The lowest BCUT2D eigenvalue weighted by atomic mass is 10.1. The molecular formula is C16H25N3O. The number of anilines is 2. The van der Waals surface area contributed by atoms with Crippen molar-refractivity contribution in [3.8, 4) is 0 Å². The van der Waals surface area contributed by atoms with Crippen molar-refractivity contribution in [1.82, 2.24) is 5.32 Å². The Kier molecular flexibility index (Phi) is 4.88. The van der Waals surface area contributed by atoms with Crippen LogP contribution in [0.5, 0.6) is 0 Å². The molecule has 1 aromatic carbocycles. The van der Waals surface area contributed by atoms with Crippen LogP contribution in [0.3, 0.4) is 0 Å². The Hall–Kier alpha value is -1.71. The fourth-order valence-electron chi connectivity index (χ4n) is 2.76. The first-order valence-electron chi connectivity index (χ1n) is 7.57. The van der Waals surface area contributed by atoms with Crippen molar-refractivity contribution >= 4 is 17.3 Å². The lowest BCUT2D eigenvalue weighted by Gasteiger charge is -2.26. The van der Waals surface area contributed by atoms with E-state index in [2.05, 4.69) is 23.2 Å². The average Bonchev–Trinajstić information content (AvgIpc) is 2.88. The first kappa shape index (κ1) is 14.7. The second-order valence-electron chi connectivity index (χ2n) is 5.46. The highest BCUT2D eigenvalue weighted by molar-refractivity contribution is 5.86. The molecule has 1 unspecified atom stereocenters. The number of fused-ring (bicyclic) bond motifs is 1. The number of nitrogens with one attached hydrogen (secondary N) is 1. The van der Waals surface area contributed by atoms with E-state index in [-0.39, 0.29) is 11.9 Å². The molecule has 0 bridgehead atoms. The van der Waals surface area contributed by atoms with Gasteiger partial charge in [0.25, 0.3) is 0 Å². The molecule has 20 heavy (non-hydrogen) atoms. The van der Waals surface area contributed by atoms with Crippen molar-refractivity contribution < 1.29 is 4.79 Å². The molecule has 4 nitrogen and oxygen atoms in total. The van der Waals surface area contributed by atoms with Crippen LogP contribution in [0.1, 0.15) is 38.7 Å². The molecule has 1 amide bonds. The molecule has 0 radical (unpaired) electrons. The maximum Gasteiger partial charge on any atom is 0.242 e. The highest BCUT2D eigenvalue weighted by Gasteiger charge is 2.28. The summed E-state index contributed by atoms with van der Waals surface area (Å²) in [5, 5.41) is 3.03. The van der Waals surface area contributed by atoms with Gasteiger partial charge in [0.05, 0.1) is 0 Å². The minimum absolute atomic E-state index is 0.108. The third-order valence-corrected chi connectivity index (χ3v) is 4.03. The second-order valence-corrected chi connectivity index (χ2v) is 5.46. The molecule has 0 aromatic heterocycles. The first-order valence-corrected chi connectivity index (χ1v) is 7.57. The van der Waals surface area contributed by atoms with Gasteiger partial charge in [0.15, 0.2) is 0 Å². The predicted molar refractivity (Wildman–Crippen MR) is 83.9 cm³/mol. The summed E-state index contributed by atoms with van der Waals surface area (Å²) in [5.41, 5.74) is 9.12. The Morgan fingerprint density at radius 1 is 1.45 bits per heavy atom. The number of hydrogen-bond acceptors (Lipinski definition) is 3. The molecule has 0 aliphatic carbocycles. The van der Waals surface area contributed by atoms with Gasteiger partial charge >= 0.3 is 0 Å². The Labute approximate surface area is 121 Å². The van der Waals surface area contributed by atoms with Crippen LogP contribution >= 0.6 is 0 Å². The van der Waals surface area contributed by atoms with Gasteiger partial charge in [0.1, 0.15) is 6.04 Å². The van der Waals surface area contributed by atoms with Crippen molar-refractivity contribution in [3.63, 3.8) is 0 Å². The molecule has 2 rings (SSSR count). The first-order chi connectivity index (χ1) is 9.65. The van der Waals surface area contributed by atoms with Crippen molar-refractivity contribution in [3.05, 3.63) is 23.8 Å². The van der Waals surface area contributed by atoms with E-state index in [4.69, 9.17) is 5.73 Å². The van der Waals surface area contributed by atoms with Gasteiger partial charge < -0.3 is 16.0 Å². The third kappa shape index (κ3) is 3.06. The molecule has 0 spiro atoms. The summed E-state index contributed by atoms with van der Waals surface area (Å²) < 4.78 is 0. The fourth-order valence-corrected chi connectivity index (χ4v) is 2.76. The predicted octanol–water partition coefficient (Wildman–Crippen LogP) is 2.33. The number of carbonyl (C=O) groups is 1. The standard InChI is InChI=1S/C16H25N3O/c1-3-4-5-10-18-16(20)12(2)19-11-9-13-14(17)7-6-8-15(13)19/h6-8,12H,3-5,9-11,17H2,1-2H3,(H,18,20). The average molecular weight is 275 g/mol. The van der Waals surface area contributed by atoms with E-state index in [1.165, 1.54) is 12.0 Å². The van der Waals surface area contributed by atoms with E-state index in [1.54, 1.807) is 0 Å². The summed E-state index contributed by atoms with van der Waals surface area (Å²) in [5.74, 6) is 0.108. The number of nitrogen functional groups attached to an aromatic ring is 1. The molecule has 0 saturated heterocycles. The van der Waals surface area contributed by atoms with Crippen LogP contribution in [-0.2, 0) is 11.2 Å². The molecular weight excluding hydrogens is 250 g/mol. The minimum Gasteiger partial charge on any atom is -0.398 e. The number of unbranched alkanes of at least 4 members (excludes halogenated alkanes) is 2. The molecule has 3 N–H and O–H groups in total. The molecule has 110 valence electrons. The molecule has 1 heterocycles. The minimum atomic E-state index is -0.139. The van der Waals surface area contributed by atoms with Crippen LogP contribution in [0.25, 0.3) is 0 Å². The van der Waals surface area contributed by atoms with Gasteiger partial charge in [0.2, 0.25) is 5.91 Å². The maximum absolute atomic E-state index is 12.2. The molecule has 1 atom stereocenters. The summed E-state index contributed by atoms with van der Waals surface area (Å²) in [6, 6.07) is 5.80. The van der Waals surface area contributed by atoms with Crippen LogP contribution < -0.4 is 16.0 Å². The number of nitrogens with two attached hydrogens (primary N) is 1. The van der Waals surface area contributed by atoms with Crippen molar-refractivity contribution in [1.29, 1.82) is 0 Å². The number of carbonyl (C=O) groups excluding carboxylic acids is 1. The number of hydrogen-bond donors (Lipinski definition) is 2. The molecule has 1 aliphatic rings. The highest BCUT2D eigenvalue weighted by atomic mass is 16.2. The van der Waals surface area contributed by atoms with Crippen LogP contribution in [0, 0.1) is 0 Å². The van der Waals surface area contributed by atoms with Crippen molar-refractivity contribution in [2.24, 2.45) is 0 Å². The van der Waals surface area contributed by atoms with E-state index >= 15 is 0 Å². The van der Waals surface area contributed by atoms with Gasteiger partial charge in [-0.15, -0.1) is 0 Å². The topological polar surface area (TPSA) is 58.4 Å². The van der Waals surface area contributed by atoms with E-state index in [1.807, 2.05) is 19.1 Å². The summed E-state index contributed by atoms with van der Waals surface area (Å²) >= 11 is 0. The van der Waals surface area contributed by atoms with Gasteiger partial charge in [0, 0.05) is 30.0 Å². The summed E-state index contributed by atoms with van der Waals surface area (Å²) in [4.78, 5) is 14.4. The van der Waals surface area contributed by atoms with Gasteiger partial charge in [-0.05, 0) is 31.9 Å².